The van der Waals surface area contributed by atoms with Gasteiger partial charge in [-0.25, -0.2) is 0 Å². The van der Waals surface area contributed by atoms with E-state index in [4.69, 9.17) is 0 Å². The Morgan fingerprint density at radius 2 is 1.07 bits per heavy atom. The molecule has 0 saturated carbocycles. The molecule has 1 aliphatic heterocycles. The van der Waals surface area contributed by atoms with Gasteiger partial charge in [0.25, 0.3) is 0 Å². The summed E-state index contributed by atoms with van der Waals surface area (Å²) in [6.07, 6.45) is 0. The van der Waals surface area contributed by atoms with E-state index in [0.717, 1.165) is 5.92 Å². The first-order chi connectivity index (χ1) is 6.58. The lowest BCUT2D eigenvalue weighted by Crippen LogP contribution is -2.41. The molecule has 0 N–H and O–H groups in total. The predicted molar refractivity (Wildman–Crippen MR) is 61.7 cm³/mol. The quantitative estimate of drug-likeness (QED) is 0.560. The van der Waals surface area contributed by atoms with E-state index in [1.165, 1.54) is 39.3 Å². The Morgan fingerprint density at radius 3 is 1.50 bits per heavy atom. The van der Waals surface area contributed by atoms with E-state index in [1.807, 2.05) is 0 Å². The molecule has 14 heavy (non-hydrogen) atoms. The maximum absolute atomic E-state index is 2.44. The maximum atomic E-state index is 2.44. The van der Waals surface area contributed by atoms with Crippen molar-refractivity contribution >= 4 is 0 Å². The molecule has 1 heterocycles. The van der Waals surface area contributed by atoms with E-state index in [1.54, 1.807) is 0 Å². The van der Waals surface area contributed by atoms with Crippen molar-refractivity contribution in [1.29, 1.82) is 0 Å². The SMILES string of the molecule is CC1CN(C)CCN(C)CCN(C)C1. The van der Waals surface area contributed by atoms with E-state index >= 15 is 0 Å². The summed E-state index contributed by atoms with van der Waals surface area (Å²) in [4.78, 5) is 7.31. The van der Waals surface area contributed by atoms with Crippen molar-refractivity contribution in [2.24, 2.45) is 5.92 Å². The Bertz CT molecular complexity index is 145. The van der Waals surface area contributed by atoms with Crippen molar-refractivity contribution in [2.45, 2.75) is 6.92 Å². The van der Waals surface area contributed by atoms with Crippen LogP contribution in [-0.4, -0.2) is 75.1 Å². The molecule has 1 saturated heterocycles. The van der Waals surface area contributed by atoms with E-state index < -0.39 is 0 Å². The molecule has 0 unspecified atom stereocenters. The molecule has 1 aliphatic rings. The van der Waals surface area contributed by atoms with Crippen LogP contribution in [0.5, 0.6) is 0 Å². The lowest BCUT2D eigenvalue weighted by Gasteiger charge is -2.30. The summed E-state index contributed by atoms with van der Waals surface area (Å²) < 4.78 is 0. The molecule has 0 aromatic rings. The van der Waals surface area contributed by atoms with Crippen molar-refractivity contribution < 1.29 is 0 Å². The van der Waals surface area contributed by atoms with Crippen molar-refractivity contribution in [3.63, 3.8) is 0 Å². The summed E-state index contributed by atoms with van der Waals surface area (Å²) in [6, 6.07) is 0. The molecule has 3 nitrogen and oxygen atoms in total. The summed E-state index contributed by atoms with van der Waals surface area (Å²) in [5.41, 5.74) is 0. The molecule has 0 aromatic heterocycles. The van der Waals surface area contributed by atoms with Crippen molar-refractivity contribution in [2.75, 3.05) is 60.4 Å². The van der Waals surface area contributed by atoms with E-state index in [0.29, 0.717) is 0 Å². The lowest BCUT2D eigenvalue weighted by molar-refractivity contribution is 0.168. The number of rotatable bonds is 0. The molecule has 0 aliphatic carbocycles. The zero-order valence-electron chi connectivity index (χ0n) is 10.2. The van der Waals surface area contributed by atoms with Crippen LogP contribution in [0.4, 0.5) is 0 Å². The number of hydrogen-bond acceptors (Lipinski definition) is 3. The first-order valence-corrected chi connectivity index (χ1v) is 5.63. The van der Waals surface area contributed by atoms with Gasteiger partial charge in [0.05, 0.1) is 0 Å². The Labute approximate surface area is 88.7 Å². The van der Waals surface area contributed by atoms with Crippen LogP contribution < -0.4 is 0 Å². The van der Waals surface area contributed by atoms with E-state index in [-0.39, 0.29) is 0 Å². The fourth-order valence-electron chi connectivity index (χ4n) is 2.10. The first kappa shape index (κ1) is 12.0. The second-order valence-electron chi connectivity index (χ2n) is 4.93. The predicted octanol–water partition coefficient (Wildman–Crippen LogP) is 0.432. The summed E-state index contributed by atoms with van der Waals surface area (Å²) >= 11 is 0. The van der Waals surface area contributed by atoms with Gasteiger partial charge in [-0.1, -0.05) is 6.92 Å². The molecule has 0 amide bonds. The van der Waals surface area contributed by atoms with Gasteiger partial charge in [-0.05, 0) is 27.1 Å². The number of hydrogen-bond donors (Lipinski definition) is 0. The number of nitrogens with zero attached hydrogens (tertiary/aromatic N) is 3. The Hall–Kier alpha value is -0.120. The molecule has 3 heteroatoms. The molecule has 0 spiro atoms. The first-order valence-electron chi connectivity index (χ1n) is 5.63. The topological polar surface area (TPSA) is 9.72 Å². The summed E-state index contributed by atoms with van der Waals surface area (Å²) in [7, 11) is 6.67. The van der Waals surface area contributed by atoms with Gasteiger partial charge in [-0.2, -0.15) is 0 Å². The van der Waals surface area contributed by atoms with E-state index in [9.17, 15) is 0 Å². The van der Waals surface area contributed by atoms with Crippen LogP contribution in [0, 0.1) is 5.92 Å². The molecule has 84 valence electrons. The summed E-state index contributed by atoms with van der Waals surface area (Å²) in [5.74, 6) is 0.786. The van der Waals surface area contributed by atoms with Crippen molar-refractivity contribution in [3.05, 3.63) is 0 Å². The monoisotopic (exact) mass is 199 g/mol. The molecular weight excluding hydrogens is 174 g/mol. The molecule has 1 rings (SSSR count). The largest absolute Gasteiger partial charge is 0.305 e. The van der Waals surface area contributed by atoms with Crippen LogP contribution in [0.15, 0.2) is 0 Å². The van der Waals surface area contributed by atoms with Gasteiger partial charge in [-0.15, -0.1) is 0 Å². The maximum Gasteiger partial charge on any atom is 0.0107 e. The van der Waals surface area contributed by atoms with Gasteiger partial charge in [-0.3, -0.25) is 0 Å². The molecular formula is C11H25N3. The van der Waals surface area contributed by atoms with Crippen LogP contribution in [0.25, 0.3) is 0 Å². The molecule has 0 bridgehead atoms. The van der Waals surface area contributed by atoms with Gasteiger partial charge >= 0.3 is 0 Å². The minimum atomic E-state index is 0.786. The van der Waals surface area contributed by atoms with Crippen molar-refractivity contribution in [1.82, 2.24) is 14.7 Å². The van der Waals surface area contributed by atoms with Crippen LogP contribution in [0.3, 0.4) is 0 Å². The van der Waals surface area contributed by atoms with Crippen molar-refractivity contribution in [3.8, 4) is 0 Å². The fourth-order valence-corrected chi connectivity index (χ4v) is 2.10. The number of likely N-dealkylation sites (N-methyl/N-ethyl adjacent to an activating group) is 3. The Kier molecular flexibility index (Phi) is 4.85. The van der Waals surface area contributed by atoms with Crippen LogP contribution >= 0.6 is 0 Å². The third kappa shape index (κ3) is 4.40. The van der Waals surface area contributed by atoms with Crippen LogP contribution in [0.1, 0.15) is 6.92 Å². The highest BCUT2D eigenvalue weighted by atomic mass is 15.2. The van der Waals surface area contributed by atoms with Gasteiger partial charge in [0.2, 0.25) is 0 Å². The van der Waals surface area contributed by atoms with Crippen LogP contribution in [0.2, 0.25) is 0 Å². The fraction of sp³-hybridized carbons (Fsp3) is 1.00. The zero-order chi connectivity index (χ0) is 10.6. The summed E-state index contributed by atoms with van der Waals surface area (Å²) in [5, 5.41) is 0. The highest BCUT2D eigenvalue weighted by Crippen LogP contribution is 2.03. The zero-order valence-corrected chi connectivity index (χ0v) is 10.2. The average molecular weight is 199 g/mol. The van der Waals surface area contributed by atoms with Gasteiger partial charge in [0.1, 0.15) is 0 Å². The Balaban J connectivity index is 2.43. The Morgan fingerprint density at radius 1 is 0.714 bits per heavy atom. The van der Waals surface area contributed by atoms with Gasteiger partial charge in [0.15, 0.2) is 0 Å². The standard InChI is InChI=1S/C11H25N3/c1-11-9-13(3)7-5-12(2)6-8-14(4)10-11/h11H,5-10H2,1-4H3. The average Bonchev–Trinajstić information content (AvgIpc) is 2.10. The second kappa shape index (κ2) is 5.69. The summed E-state index contributed by atoms with van der Waals surface area (Å²) in [6.45, 7) is 9.57. The molecule has 0 aromatic carbocycles. The minimum absolute atomic E-state index is 0.786. The third-order valence-corrected chi connectivity index (χ3v) is 2.97. The smallest absolute Gasteiger partial charge is 0.0107 e. The highest BCUT2D eigenvalue weighted by Gasteiger charge is 2.12. The normalized spacial score (nSPS) is 26.6. The minimum Gasteiger partial charge on any atom is -0.305 e. The van der Waals surface area contributed by atoms with Gasteiger partial charge in [0, 0.05) is 39.3 Å². The molecule has 0 atom stereocenters. The molecule has 0 radical (unpaired) electrons. The molecule has 1 fully saturated rings. The second-order valence-corrected chi connectivity index (χ2v) is 4.93. The lowest BCUT2D eigenvalue weighted by atomic mass is 10.1. The van der Waals surface area contributed by atoms with E-state index in [2.05, 4.69) is 42.8 Å². The van der Waals surface area contributed by atoms with Crippen LogP contribution in [-0.2, 0) is 0 Å². The highest BCUT2D eigenvalue weighted by molar-refractivity contribution is 4.68. The third-order valence-electron chi connectivity index (χ3n) is 2.97. The van der Waals surface area contributed by atoms with Gasteiger partial charge < -0.3 is 14.7 Å².